The smallest absolute Gasteiger partial charge is 0.255 e. The molecule has 1 fully saturated rings. The summed E-state index contributed by atoms with van der Waals surface area (Å²) in [4.78, 5) is 16.9. The molecule has 0 atom stereocenters. The molecule has 2 aromatic heterocycles. The van der Waals surface area contributed by atoms with Crippen LogP contribution in [0.1, 0.15) is 28.9 Å². The van der Waals surface area contributed by atoms with Crippen molar-refractivity contribution in [3.05, 3.63) is 47.8 Å². The zero-order chi connectivity index (χ0) is 15.8. The van der Waals surface area contributed by atoms with Gasteiger partial charge in [0.05, 0.1) is 17.3 Å². The van der Waals surface area contributed by atoms with E-state index in [-0.39, 0.29) is 5.91 Å². The largest absolute Gasteiger partial charge is 0.349 e. The van der Waals surface area contributed by atoms with E-state index in [0.717, 1.165) is 35.1 Å². The number of pyridine rings is 1. The Balaban J connectivity index is 1.66. The van der Waals surface area contributed by atoms with Crippen molar-refractivity contribution in [2.75, 3.05) is 5.32 Å². The lowest BCUT2D eigenvalue weighted by Gasteiger charge is -2.12. The number of aromatic nitrogens is 3. The van der Waals surface area contributed by atoms with E-state index in [9.17, 15) is 4.79 Å². The summed E-state index contributed by atoms with van der Waals surface area (Å²) in [6.45, 7) is 1.91. The minimum atomic E-state index is -0.0786. The van der Waals surface area contributed by atoms with Gasteiger partial charge in [0.1, 0.15) is 5.82 Å². The van der Waals surface area contributed by atoms with Gasteiger partial charge in [-0.25, -0.2) is 4.98 Å². The Morgan fingerprint density at radius 3 is 2.96 bits per heavy atom. The van der Waals surface area contributed by atoms with Gasteiger partial charge in [-0.3, -0.25) is 9.89 Å². The molecule has 0 radical (unpaired) electrons. The first-order valence-electron chi connectivity index (χ1n) is 7.68. The molecule has 1 aliphatic rings. The second-order valence-electron chi connectivity index (χ2n) is 5.89. The van der Waals surface area contributed by atoms with E-state index in [1.54, 1.807) is 6.20 Å². The molecule has 0 spiro atoms. The third-order valence-electron chi connectivity index (χ3n) is 3.90. The Morgan fingerprint density at radius 2 is 2.13 bits per heavy atom. The molecule has 116 valence electrons. The number of aromatic amines is 1. The van der Waals surface area contributed by atoms with Crippen molar-refractivity contribution in [2.45, 2.75) is 25.8 Å². The van der Waals surface area contributed by atoms with Crippen LogP contribution in [0.4, 0.5) is 11.5 Å². The fraction of sp³-hybridized carbons (Fsp3) is 0.235. The third kappa shape index (κ3) is 2.88. The summed E-state index contributed by atoms with van der Waals surface area (Å²) in [7, 11) is 0. The number of carbonyl (C=O) groups is 1. The maximum Gasteiger partial charge on any atom is 0.255 e. The predicted molar refractivity (Wildman–Crippen MR) is 88.8 cm³/mol. The van der Waals surface area contributed by atoms with Gasteiger partial charge in [-0.2, -0.15) is 5.10 Å². The minimum absolute atomic E-state index is 0.0786. The average Bonchev–Trinajstić information content (AvgIpc) is 3.22. The van der Waals surface area contributed by atoms with Crippen LogP contribution in [0.25, 0.3) is 10.9 Å². The first-order chi connectivity index (χ1) is 11.2. The number of hydrogen-bond donors (Lipinski definition) is 3. The van der Waals surface area contributed by atoms with E-state index in [2.05, 4.69) is 25.8 Å². The number of anilines is 2. The van der Waals surface area contributed by atoms with Crippen LogP contribution in [0.2, 0.25) is 0 Å². The number of rotatable bonds is 4. The molecule has 1 aromatic carbocycles. The van der Waals surface area contributed by atoms with E-state index in [0.29, 0.717) is 17.4 Å². The molecule has 4 rings (SSSR count). The monoisotopic (exact) mass is 307 g/mol. The lowest BCUT2D eigenvalue weighted by molar-refractivity contribution is 0.0951. The van der Waals surface area contributed by atoms with Gasteiger partial charge in [0.15, 0.2) is 0 Å². The molecule has 0 aliphatic heterocycles. The van der Waals surface area contributed by atoms with Gasteiger partial charge >= 0.3 is 0 Å². The van der Waals surface area contributed by atoms with E-state index in [1.165, 1.54) is 0 Å². The van der Waals surface area contributed by atoms with Crippen LogP contribution in [0.15, 0.2) is 36.5 Å². The standard InChI is InChI=1S/C17H17N5O/c1-10-2-7-14(17(23)21-12-5-6-12)16(19-10)20-13-4-3-11-9-18-22-15(11)8-13/h2-4,7-9,12H,5-6H2,1H3,(H,18,22)(H,19,20)(H,21,23). The summed E-state index contributed by atoms with van der Waals surface area (Å²) in [6.07, 6.45) is 3.90. The number of nitrogens with zero attached hydrogens (tertiary/aromatic N) is 2. The molecule has 3 aromatic rings. The minimum Gasteiger partial charge on any atom is -0.349 e. The van der Waals surface area contributed by atoms with Crippen molar-refractivity contribution in [3.8, 4) is 0 Å². The number of carbonyl (C=O) groups excluding carboxylic acids is 1. The fourth-order valence-corrected chi connectivity index (χ4v) is 2.48. The first-order valence-corrected chi connectivity index (χ1v) is 7.68. The number of aryl methyl sites for hydroxylation is 1. The van der Waals surface area contributed by atoms with Gasteiger partial charge in [-0.15, -0.1) is 0 Å². The van der Waals surface area contributed by atoms with Crippen LogP contribution < -0.4 is 10.6 Å². The molecular formula is C17H17N5O. The Labute approximate surface area is 133 Å². The number of hydrogen-bond acceptors (Lipinski definition) is 4. The number of nitrogens with one attached hydrogen (secondary N) is 3. The van der Waals surface area contributed by atoms with Crippen LogP contribution in [0.5, 0.6) is 0 Å². The Bertz CT molecular complexity index is 882. The lowest BCUT2D eigenvalue weighted by Crippen LogP contribution is -2.26. The zero-order valence-electron chi connectivity index (χ0n) is 12.8. The molecule has 6 heteroatoms. The van der Waals surface area contributed by atoms with Crippen molar-refractivity contribution < 1.29 is 4.79 Å². The maximum atomic E-state index is 12.4. The topological polar surface area (TPSA) is 82.7 Å². The molecule has 0 unspecified atom stereocenters. The van der Waals surface area contributed by atoms with Crippen LogP contribution in [-0.4, -0.2) is 27.1 Å². The van der Waals surface area contributed by atoms with E-state index >= 15 is 0 Å². The number of amides is 1. The summed E-state index contributed by atoms with van der Waals surface area (Å²) in [6, 6.07) is 9.86. The van der Waals surface area contributed by atoms with Crippen molar-refractivity contribution in [1.82, 2.24) is 20.5 Å². The first kappa shape index (κ1) is 13.8. The highest BCUT2D eigenvalue weighted by Gasteiger charge is 2.25. The molecule has 0 saturated heterocycles. The van der Waals surface area contributed by atoms with Crippen LogP contribution in [-0.2, 0) is 0 Å². The highest BCUT2D eigenvalue weighted by atomic mass is 16.1. The van der Waals surface area contributed by atoms with Gasteiger partial charge in [-0.05, 0) is 50.1 Å². The lowest BCUT2D eigenvalue weighted by atomic mass is 10.2. The van der Waals surface area contributed by atoms with E-state index in [4.69, 9.17) is 0 Å². The second-order valence-corrected chi connectivity index (χ2v) is 5.89. The van der Waals surface area contributed by atoms with E-state index in [1.807, 2.05) is 37.3 Å². The van der Waals surface area contributed by atoms with Gasteiger partial charge < -0.3 is 10.6 Å². The van der Waals surface area contributed by atoms with Gasteiger partial charge in [0.25, 0.3) is 5.91 Å². The normalized spacial score (nSPS) is 14.0. The van der Waals surface area contributed by atoms with E-state index < -0.39 is 0 Å². The summed E-state index contributed by atoms with van der Waals surface area (Å²) < 4.78 is 0. The molecule has 1 aliphatic carbocycles. The Morgan fingerprint density at radius 1 is 1.26 bits per heavy atom. The summed E-state index contributed by atoms with van der Waals surface area (Å²) in [5, 5.41) is 14.3. The van der Waals surface area contributed by atoms with Crippen molar-refractivity contribution in [3.63, 3.8) is 0 Å². The van der Waals surface area contributed by atoms with Gasteiger partial charge in [0, 0.05) is 22.8 Å². The fourth-order valence-electron chi connectivity index (χ4n) is 2.48. The molecule has 2 heterocycles. The van der Waals surface area contributed by atoms with Gasteiger partial charge in [0.2, 0.25) is 0 Å². The average molecular weight is 307 g/mol. The SMILES string of the molecule is Cc1ccc(C(=O)NC2CC2)c(Nc2ccc3cn[nH]c3c2)n1. The quantitative estimate of drug-likeness (QED) is 0.692. The zero-order valence-corrected chi connectivity index (χ0v) is 12.8. The molecule has 1 saturated carbocycles. The van der Waals surface area contributed by atoms with Gasteiger partial charge in [-0.1, -0.05) is 0 Å². The maximum absolute atomic E-state index is 12.4. The Hall–Kier alpha value is -2.89. The highest BCUT2D eigenvalue weighted by Crippen LogP contribution is 2.24. The molecule has 0 bridgehead atoms. The molecule has 3 N–H and O–H groups in total. The predicted octanol–water partition coefficient (Wildman–Crippen LogP) is 2.90. The second kappa shape index (κ2) is 5.39. The molecule has 6 nitrogen and oxygen atoms in total. The molecule has 1 amide bonds. The van der Waals surface area contributed by atoms with Crippen LogP contribution in [0, 0.1) is 6.92 Å². The molecule has 23 heavy (non-hydrogen) atoms. The number of benzene rings is 1. The van der Waals surface area contributed by atoms with Crippen molar-refractivity contribution in [1.29, 1.82) is 0 Å². The summed E-state index contributed by atoms with van der Waals surface area (Å²) in [5.74, 6) is 0.493. The molecular weight excluding hydrogens is 290 g/mol. The number of H-pyrrole nitrogens is 1. The van der Waals surface area contributed by atoms with Crippen molar-refractivity contribution >= 4 is 28.3 Å². The van der Waals surface area contributed by atoms with Crippen molar-refractivity contribution in [2.24, 2.45) is 0 Å². The Kier molecular flexibility index (Phi) is 3.22. The third-order valence-corrected chi connectivity index (χ3v) is 3.90. The highest BCUT2D eigenvalue weighted by molar-refractivity contribution is 6.00. The summed E-state index contributed by atoms with van der Waals surface area (Å²) in [5.41, 5.74) is 3.22. The number of fused-ring (bicyclic) bond motifs is 1. The summed E-state index contributed by atoms with van der Waals surface area (Å²) >= 11 is 0. The van der Waals surface area contributed by atoms with Crippen LogP contribution in [0.3, 0.4) is 0 Å². The van der Waals surface area contributed by atoms with Crippen LogP contribution >= 0.6 is 0 Å².